The van der Waals surface area contributed by atoms with E-state index in [1.165, 1.54) is 18.3 Å². The van der Waals surface area contributed by atoms with Gasteiger partial charge in [0.05, 0.1) is 16.0 Å². The summed E-state index contributed by atoms with van der Waals surface area (Å²) in [5.74, 6) is -1.14. The number of rotatable bonds is 3. The maximum absolute atomic E-state index is 12.4. The molecular weight excluding hydrogens is 347 g/mol. The fourth-order valence-electron chi connectivity index (χ4n) is 1.33. The van der Waals surface area contributed by atoms with Crippen LogP contribution in [0.5, 0.6) is 0 Å². The van der Waals surface area contributed by atoms with Crippen molar-refractivity contribution in [1.82, 2.24) is 4.98 Å². The summed E-state index contributed by atoms with van der Waals surface area (Å²) in [6.07, 6.45) is 4.33. The van der Waals surface area contributed by atoms with Crippen LogP contribution in [0.25, 0.3) is 6.08 Å². The Morgan fingerprint density at radius 3 is 2.52 bits per heavy atom. The van der Waals surface area contributed by atoms with Gasteiger partial charge in [-0.05, 0) is 35.9 Å². The summed E-state index contributed by atoms with van der Waals surface area (Å²) in [5, 5.41) is 0.752. The number of carbonyl (C=O) groups is 1. The minimum Gasteiger partial charge on any atom is -0.366 e. The number of hydrogen-bond donors (Lipinski definition) is 2. The van der Waals surface area contributed by atoms with Crippen LogP contribution in [0.4, 0.5) is 4.39 Å². The maximum atomic E-state index is 12.4. The van der Waals surface area contributed by atoms with Crippen LogP contribution in [-0.2, 0) is 10.1 Å². The molecule has 0 atom stereocenters. The lowest BCUT2D eigenvalue weighted by atomic mass is 10.2. The highest BCUT2D eigenvalue weighted by Gasteiger charge is 2.05. The molecule has 0 saturated heterocycles. The summed E-state index contributed by atoms with van der Waals surface area (Å²) in [7, 11) is -4.03. The summed E-state index contributed by atoms with van der Waals surface area (Å²) in [4.78, 5) is 14.3. The Morgan fingerprint density at radius 1 is 1.35 bits per heavy atom. The molecule has 0 radical (unpaired) electrons. The Bertz CT molecular complexity index is 811. The Balaban J connectivity index is 0.000000231. The Morgan fingerprint density at radius 2 is 2.04 bits per heavy atom. The molecule has 1 amide bonds. The van der Waals surface area contributed by atoms with Crippen molar-refractivity contribution in [3.05, 3.63) is 70.1 Å². The third-order valence-corrected chi connectivity index (χ3v) is 3.11. The summed E-state index contributed by atoms with van der Waals surface area (Å²) in [6.45, 7) is 0. The lowest BCUT2D eigenvalue weighted by Gasteiger charge is -1.97. The van der Waals surface area contributed by atoms with Gasteiger partial charge in [0.25, 0.3) is 10.1 Å². The topological polar surface area (TPSA) is 110 Å². The number of benzene rings is 1. The summed E-state index contributed by atoms with van der Waals surface area (Å²) in [6, 6.07) is 6.77. The third-order valence-electron chi connectivity index (χ3n) is 2.31. The van der Waals surface area contributed by atoms with Crippen molar-refractivity contribution in [2.24, 2.45) is 5.73 Å². The molecule has 2 aromatic rings. The van der Waals surface area contributed by atoms with E-state index in [-0.39, 0.29) is 10.6 Å². The lowest BCUT2D eigenvalue weighted by molar-refractivity contribution is 0.100. The number of carbonyl (C=O) groups excluding carboxylic acids is 1. The fraction of sp³-hybridized carbons (Fsp3) is 0. The van der Waals surface area contributed by atoms with Crippen molar-refractivity contribution < 1.29 is 22.2 Å². The third kappa shape index (κ3) is 7.50. The second-order valence-electron chi connectivity index (χ2n) is 4.09. The van der Waals surface area contributed by atoms with Crippen LogP contribution >= 0.6 is 11.6 Å². The van der Waals surface area contributed by atoms with E-state index in [1.807, 2.05) is 0 Å². The number of nitrogens with zero attached hydrogens (tertiary/aromatic N) is 1. The van der Waals surface area contributed by atoms with Crippen molar-refractivity contribution in [1.29, 1.82) is 0 Å². The number of nitrogens with two attached hydrogens (primary N) is 1. The standard InChI is InChI=1S/C7H5ClFNO.C7H7NO3S/c8-6-3-4(9)1-2-5(6)7(10)11;9-12(10,11)5-3-7-2-1-4-8-6-7/h1-3H,(H2,10,11);1-6H,(H,9,10,11)/b;5-3+. The SMILES string of the molecule is NC(=O)c1ccc(F)cc1Cl.O=S(=O)(O)/C=C/c1cccnc1. The quantitative estimate of drug-likeness (QED) is 0.819. The summed E-state index contributed by atoms with van der Waals surface area (Å²) < 4.78 is 41.2. The predicted octanol–water partition coefficient (Wildman–Crippen LogP) is 2.52. The number of hydrogen-bond acceptors (Lipinski definition) is 4. The van der Waals surface area contributed by atoms with Crippen molar-refractivity contribution >= 4 is 33.7 Å². The van der Waals surface area contributed by atoms with E-state index in [0.717, 1.165) is 12.1 Å². The van der Waals surface area contributed by atoms with Crippen LogP contribution in [0.1, 0.15) is 15.9 Å². The van der Waals surface area contributed by atoms with Crippen LogP contribution in [0.3, 0.4) is 0 Å². The number of halogens is 2. The van der Waals surface area contributed by atoms with Crippen LogP contribution in [0.2, 0.25) is 5.02 Å². The summed E-state index contributed by atoms with van der Waals surface area (Å²) >= 11 is 5.48. The van der Waals surface area contributed by atoms with E-state index in [2.05, 4.69) is 4.98 Å². The zero-order valence-electron chi connectivity index (χ0n) is 11.6. The van der Waals surface area contributed by atoms with Gasteiger partial charge in [-0.3, -0.25) is 14.3 Å². The van der Waals surface area contributed by atoms with Crippen LogP contribution in [0.15, 0.2) is 48.1 Å². The number of aromatic nitrogens is 1. The first-order valence-corrected chi connectivity index (χ1v) is 7.87. The Hall–Kier alpha value is -2.29. The molecule has 0 aliphatic carbocycles. The van der Waals surface area contributed by atoms with E-state index in [0.29, 0.717) is 11.0 Å². The van der Waals surface area contributed by atoms with Gasteiger partial charge >= 0.3 is 0 Å². The van der Waals surface area contributed by atoms with Gasteiger partial charge in [-0.15, -0.1) is 0 Å². The normalized spacial score (nSPS) is 10.9. The molecular formula is C14H12ClFN2O4S. The van der Waals surface area contributed by atoms with E-state index < -0.39 is 21.8 Å². The van der Waals surface area contributed by atoms with E-state index in [1.54, 1.807) is 18.3 Å². The molecule has 1 heterocycles. The molecule has 9 heteroatoms. The minimum atomic E-state index is -4.03. The monoisotopic (exact) mass is 358 g/mol. The molecule has 6 nitrogen and oxygen atoms in total. The molecule has 1 aromatic carbocycles. The molecule has 0 aliphatic heterocycles. The predicted molar refractivity (Wildman–Crippen MR) is 84.7 cm³/mol. The second kappa shape index (κ2) is 8.37. The second-order valence-corrected chi connectivity index (χ2v) is 5.80. The first-order valence-electron chi connectivity index (χ1n) is 5.99. The van der Waals surface area contributed by atoms with E-state index in [9.17, 15) is 17.6 Å². The fourth-order valence-corrected chi connectivity index (χ4v) is 1.92. The first kappa shape index (κ1) is 18.8. The number of amides is 1. The van der Waals surface area contributed by atoms with Gasteiger partial charge in [0.2, 0.25) is 5.91 Å². The average molecular weight is 359 g/mol. The lowest BCUT2D eigenvalue weighted by Crippen LogP contribution is -2.11. The van der Waals surface area contributed by atoms with Gasteiger partial charge in [0.15, 0.2) is 0 Å². The van der Waals surface area contributed by atoms with Crippen LogP contribution in [0, 0.1) is 5.82 Å². The van der Waals surface area contributed by atoms with Gasteiger partial charge in [-0.25, -0.2) is 4.39 Å². The molecule has 0 aliphatic rings. The van der Waals surface area contributed by atoms with Gasteiger partial charge in [-0.2, -0.15) is 8.42 Å². The van der Waals surface area contributed by atoms with Crippen LogP contribution in [-0.4, -0.2) is 23.9 Å². The van der Waals surface area contributed by atoms with Gasteiger partial charge in [-0.1, -0.05) is 17.7 Å². The Labute approximate surface area is 137 Å². The molecule has 0 saturated carbocycles. The van der Waals surface area contributed by atoms with Crippen molar-refractivity contribution in [2.45, 2.75) is 0 Å². The highest BCUT2D eigenvalue weighted by atomic mass is 35.5. The van der Waals surface area contributed by atoms with Crippen molar-refractivity contribution in [2.75, 3.05) is 0 Å². The first-order chi connectivity index (χ1) is 10.7. The summed E-state index contributed by atoms with van der Waals surface area (Å²) in [5.41, 5.74) is 5.67. The largest absolute Gasteiger partial charge is 0.366 e. The zero-order chi connectivity index (χ0) is 17.5. The zero-order valence-corrected chi connectivity index (χ0v) is 13.1. The van der Waals surface area contributed by atoms with Crippen molar-refractivity contribution in [3.8, 4) is 0 Å². The van der Waals surface area contributed by atoms with Crippen LogP contribution < -0.4 is 5.73 Å². The molecule has 3 N–H and O–H groups in total. The smallest absolute Gasteiger partial charge is 0.287 e. The Kier molecular flexibility index (Phi) is 6.83. The average Bonchev–Trinajstić information content (AvgIpc) is 2.46. The molecule has 1 aromatic heterocycles. The molecule has 122 valence electrons. The number of pyridine rings is 1. The maximum Gasteiger partial charge on any atom is 0.287 e. The highest BCUT2D eigenvalue weighted by molar-refractivity contribution is 7.88. The molecule has 0 unspecified atom stereocenters. The number of primary amides is 1. The van der Waals surface area contributed by atoms with Gasteiger partial charge in [0.1, 0.15) is 5.82 Å². The minimum absolute atomic E-state index is 0.0394. The molecule has 0 fully saturated rings. The highest BCUT2D eigenvalue weighted by Crippen LogP contribution is 2.15. The molecule has 2 rings (SSSR count). The molecule has 23 heavy (non-hydrogen) atoms. The van der Waals surface area contributed by atoms with Gasteiger partial charge < -0.3 is 5.73 Å². The van der Waals surface area contributed by atoms with Gasteiger partial charge in [0, 0.05) is 12.4 Å². The van der Waals surface area contributed by atoms with Crippen molar-refractivity contribution in [3.63, 3.8) is 0 Å². The molecule has 0 spiro atoms. The van der Waals surface area contributed by atoms with E-state index >= 15 is 0 Å². The molecule has 0 bridgehead atoms. The van der Waals surface area contributed by atoms with E-state index in [4.69, 9.17) is 21.9 Å².